The monoisotopic (exact) mass is 337 g/mol. The van der Waals surface area contributed by atoms with Gasteiger partial charge < -0.3 is 5.32 Å². The van der Waals surface area contributed by atoms with Crippen LogP contribution < -0.4 is 10.7 Å². The van der Waals surface area contributed by atoms with E-state index >= 15 is 0 Å². The zero-order valence-corrected chi connectivity index (χ0v) is 13.0. The van der Waals surface area contributed by atoms with Crippen molar-refractivity contribution < 1.29 is 13.2 Å². The number of halogens is 3. The van der Waals surface area contributed by atoms with E-state index < -0.39 is 11.7 Å². The Hall–Kier alpha value is -2.41. The topological polar surface area (TPSA) is 36.4 Å². The highest BCUT2D eigenvalue weighted by Crippen LogP contribution is 2.34. The lowest BCUT2D eigenvalue weighted by atomic mass is 10.1. The molecule has 0 saturated carbocycles. The zero-order chi connectivity index (χ0) is 16.9. The summed E-state index contributed by atoms with van der Waals surface area (Å²) in [6.07, 6.45) is -2.90. The van der Waals surface area contributed by atoms with E-state index in [2.05, 4.69) is 15.8 Å². The Morgan fingerprint density at radius 3 is 2.43 bits per heavy atom. The van der Waals surface area contributed by atoms with Crippen LogP contribution in [0.25, 0.3) is 0 Å². The van der Waals surface area contributed by atoms with Crippen molar-refractivity contribution in [1.82, 2.24) is 5.43 Å². The van der Waals surface area contributed by atoms with E-state index in [0.717, 1.165) is 17.2 Å². The van der Waals surface area contributed by atoms with Crippen molar-refractivity contribution in [1.29, 1.82) is 0 Å². The molecule has 0 aromatic heterocycles. The van der Waals surface area contributed by atoms with Gasteiger partial charge in [0.2, 0.25) is 0 Å². The van der Waals surface area contributed by atoms with Gasteiger partial charge in [0, 0.05) is 0 Å². The highest BCUT2D eigenvalue weighted by Gasteiger charge is 2.33. The van der Waals surface area contributed by atoms with Crippen molar-refractivity contribution in [3.05, 3.63) is 65.2 Å². The Labute approximate surface area is 137 Å². The first-order valence-corrected chi connectivity index (χ1v) is 7.10. The number of aryl methyl sites for hydroxylation is 1. The number of para-hydroxylation sites is 1. The molecular formula is C16H14F3N3S. The minimum absolute atomic E-state index is 0.0217. The molecular weight excluding hydrogens is 323 g/mol. The number of hydrogen-bond donors (Lipinski definition) is 2. The molecule has 0 unspecified atom stereocenters. The van der Waals surface area contributed by atoms with Crippen molar-refractivity contribution in [2.75, 3.05) is 5.32 Å². The molecule has 3 nitrogen and oxygen atoms in total. The molecule has 120 valence electrons. The first kappa shape index (κ1) is 17.0. The number of rotatable bonds is 3. The highest BCUT2D eigenvalue weighted by atomic mass is 32.1. The van der Waals surface area contributed by atoms with Crippen LogP contribution in [0.4, 0.5) is 18.9 Å². The molecule has 0 aliphatic heterocycles. The Kier molecular flexibility index (Phi) is 5.33. The van der Waals surface area contributed by atoms with Gasteiger partial charge >= 0.3 is 6.18 Å². The molecule has 0 fully saturated rings. The fourth-order valence-corrected chi connectivity index (χ4v) is 2.04. The number of alkyl halides is 3. The molecule has 2 rings (SSSR count). The van der Waals surface area contributed by atoms with Crippen molar-refractivity contribution in [2.45, 2.75) is 13.1 Å². The Balaban J connectivity index is 2.03. The third kappa shape index (κ3) is 4.79. The van der Waals surface area contributed by atoms with Crippen LogP contribution in [0, 0.1) is 6.92 Å². The predicted octanol–water partition coefficient (Wildman–Crippen LogP) is 4.33. The molecule has 0 radical (unpaired) electrons. The lowest BCUT2D eigenvalue weighted by Crippen LogP contribution is -2.25. The summed E-state index contributed by atoms with van der Waals surface area (Å²) in [7, 11) is 0. The minimum atomic E-state index is -4.45. The molecule has 7 heteroatoms. The van der Waals surface area contributed by atoms with E-state index in [0.29, 0.717) is 0 Å². The van der Waals surface area contributed by atoms with Gasteiger partial charge in [-0.15, -0.1) is 0 Å². The molecule has 0 spiro atoms. The van der Waals surface area contributed by atoms with Gasteiger partial charge in [0.1, 0.15) is 0 Å². The summed E-state index contributed by atoms with van der Waals surface area (Å²) < 4.78 is 38.6. The smallest absolute Gasteiger partial charge is 0.331 e. The number of nitrogens with zero attached hydrogens (tertiary/aromatic N) is 1. The third-order valence-corrected chi connectivity index (χ3v) is 3.23. The number of hydrogen-bond acceptors (Lipinski definition) is 2. The maximum Gasteiger partial charge on any atom is 0.418 e. The summed E-state index contributed by atoms with van der Waals surface area (Å²) in [6, 6.07) is 12.7. The molecule has 0 amide bonds. The fourth-order valence-electron chi connectivity index (χ4n) is 1.88. The largest absolute Gasteiger partial charge is 0.418 e. The van der Waals surface area contributed by atoms with Gasteiger partial charge in [0.05, 0.1) is 17.5 Å². The first-order chi connectivity index (χ1) is 10.9. The van der Waals surface area contributed by atoms with Gasteiger partial charge in [-0.3, -0.25) is 5.43 Å². The second-order valence-corrected chi connectivity index (χ2v) is 5.13. The molecule has 0 aliphatic rings. The molecule has 0 aliphatic carbocycles. The van der Waals surface area contributed by atoms with Crippen LogP contribution in [0.1, 0.15) is 16.7 Å². The number of anilines is 1. The average Bonchev–Trinajstić information content (AvgIpc) is 2.49. The Morgan fingerprint density at radius 2 is 1.74 bits per heavy atom. The standard InChI is InChI=1S/C16H14F3N3S/c1-11-6-2-3-7-12(11)10-20-22-15(23)21-14-9-5-4-8-13(14)16(17,18)19/h2-10H,1H3,(H2,21,22,23)/b20-10-. The molecule has 2 aromatic rings. The molecule has 2 N–H and O–H groups in total. The number of hydrazone groups is 1. The van der Waals surface area contributed by atoms with Gasteiger partial charge in [-0.25, -0.2) is 0 Å². The van der Waals surface area contributed by atoms with Gasteiger partial charge in [-0.2, -0.15) is 18.3 Å². The van der Waals surface area contributed by atoms with E-state index in [1.165, 1.54) is 18.2 Å². The fraction of sp³-hybridized carbons (Fsp3) is 0.125. The van der Waals surface area contributed by atoms with Crippen LogP contribution in [0.3, 0.4) is 0 Å². The van der Waals surface area contributed by atoms with Crippen molar-refractivity contribution >= 4 is 29.2 Å². The molecule has 0 bridgehead atoms. The number of nitrogens with one attached hydrogen (secondary N) is 2. The molecule has 0 atom stereocenters. The summed E-state index contributed by atoms with van der Waals surface area (Å²) in [5.41, 5.74) is 3.52. The Bertz CT molecular complexity index is 727. The van der Waals surface area contributed by atoms with Crippen LogP contribution >= 0.6 is 12.2 Å². The number of thiocarbonyl (C=S) groups is 1. The second kappa shape index (κ2) is 7.23. The van der Waals surface area contributed by atoms with E-state index in [4.69, 9.17) is 12.2 Å². The molecule has 0 saturated heterocycles. The summed E-state index contributed by atoms with van der Waals surface area (Å²) in [5, 5.41) is 6.41. The van der Waals surface area contributed by atoms with E-state index in [1.54, 1.807) is 6.21 Å². The van der Waals surface area contributed by atoms with Gasteiger partial charge in [0.25, 0.3) is 0 Å². The van der Waals surface area contributed by atoms with Crippen LogP contribution in [0.2, 0.25) is 0 Å². The number of benzene rings is 2. The SMILES string of the molecule is Cc1ccccc1/C=N\NC(=S)Nc1ccccc1C(F)(F)F. The molecule has 0 heterocycles. The maximum atomic E-state index is 12.9. The van der Waals surface area contributed by atoms with E-state index in [1.807, 2.05) is 31.2 Å². The van der Waals surface area contributed by atoms with Gasteiger partial charge in [0.15, 0.2) is 5.11 Å². The van der Waals surface area contributed by atoms with Crippen molar-refractivity contribution in [3.63, 3.8) is 0 Å². The van der Waals surface area contributed by atoms with Crippen LogP contribution in [-0.4, -0.2) is 11.3 Å². The summed E-state index contributed by atoms with van der Waals surface area (Å²) in [6.45, 7) is 1.93. The quantitative estimate of drug-likeness (QED) is 0.497. The van der Waals surface area contributed by atoms with Crippen LogP contribution in [0.15, 0.2) is 53.6 Å². The zero-order valence-electron chi connectivity index (χ0n) is 12.2. The van der Waals surface area contributed by atoms with Crippen LogP contribution in [0.5, 0.6) is 0 Å². The lowest BCUT2D eigenvalue weighted by molar-refractivity contribution is -0.136. The molecule has 23 heavy (non-hydrogen) atoms. The lowest BCUT2D eigenvalue weighted by Gasteiger charge is -2.14. The summed E-state index contributed by atoms with van der Waals surface area (Å²) in [5.74, 6) is 0. The second-order valence-electron chi connectivity index (χ2n) is 4.72. The predicted molar refractivity (Wildman–Crippen MR) is 89.6 cm³/mol. The van der Waals surface area contributed by atoms with Crippen LogP contribution in [-0.2, 0) is 6.18 Å². The average molecular weight is 337 g/mol. The van der Waals surface area contributed by atoms with E-state index in [-0.39, 0.29) is 10.8 Å². The summed E-state index contributed by atoms with van der Waals surface area (Å²) >= 11 is 4.96. The minimum Gasteiger partial charge on any atom is -0.331 e. The van der Waals surface area contributed by atoms with Gasteiger partial charge in [-0.05, 0) is 42.4 Å². The van der Waals surface area contributed by atoms with E-state index in [9.17, 15) is 13.2 Å². The molecule has 2 aromatic carbocycles. The van der Waals surface area contributed by atoms with Gasteiger partial charge in [-0.1, -0.05) is 36.4 Å². The highest BCUT2D eigenvalue weighted by molar-refractivity contribution is 7.80. The summed E-state index contributed by atoms with van der Waals surface area (Å²) in [4.78, 5) is 0. The maximum absolute atomic E-state index is 12.9. The van der Waals surface area contributed by atoms with Crippen molar-refractivity contribution in [2.24, 2.45) is 5.10 Å². The normalized spacial score (nSPS) is 11.5. The Morgan fingerprint density at radius 1 is 1.09 bits per heavy atom. The first-order valence-electron chi connectivity index (χ1n) is 6.70. The third-order valence-electron chi connectivity index (χ3n) is 3.04. The van der Waals surface area contributed by atoms with Crippen molar-refractivity contribution in [3.8, 4) is 0 Å².